The van der Waals surface area contributed by atoms with Gasteiger partial charge in [0.2, 0.25) is 11.8 Å². The van der Waals surface area contributed by atoms with Crippen LogP contribution in [0, 0.1) is 11.8 Å². The van der Waals surface area contributed by atoms with Gasteiger partial charge in [0.05, 0.1) is 0 Å². The van der Waals surface area contributed by atoms with Crippen molar-refractivity contribution in [1.29, 1.82) is 0 Å². The molecule has 1 aliphatic heterocycles. The molecule has 1 saturated heterocycles. The Morgan fingerprint density at radius 3 is 2.14 bits per heavy atom. The fraction of sp³-hybridized carbons (Fsp3) is 0.882. The van der Waals surface area contributed by atoms with E-state index < -0.39 is 5.54 Å². The molecule has 0 radical (unpaired) electrons. The summed E-state index contributed by atoms with van der Waals surface area (Å²) in [6.07, 6.45) is 6.90. The summed E-state index contributed by atoms with van der Waals surface area (Å²) in [4.78, 5) is 26.8. The van der Waals surface area contributed by atoms with Crippen LogP contribution in [0.25, 0.3) is 0 Å². The molecule has 1 atom stereocenters. The van der Waals surface area contributed by atoms with Crippen LogP contribution in [0.5, 0.6) is 0 Å². The van der Waals surface area contributed by atoms with Gasteiger partial charge in [-0.25, -0.2) is 0 Å². The van der Waals surface area contributed by atoms with Crippen LogP contribution < -0.4 is 5.32 Å². The summed E-state index contributed by atoms with van der Waals surface area (Å²) in [5.74, 6) is 1.50. The molecule has 2 aliphatic rings. The molecule has 1 N–H and O–H groups in total. The van der Waals surface area contributed by atoms with Gasteiger partial charge in [0.1, 0.15) is 11.6 Å². The summed E-state index contributed by atoms with van der Waals surface area (Å²) in [6, 6.07) is -0.283. The third-order valence-corrected chi connectivity index (χ3v) is 5.30. The van der Waals surface area contributed by atoms with Gasteiger partial charge in [0, 0.05) is 6.54 Å². The van der Waals surface area contributed by atoms with Gasteiger partial charge in [0.25, 0.3) is 0 Å². The molecule has 0 aromatic carbocycles. The third-order valence-electron chi connectivity index (χ3n) is 5.30. The summed E-state index contributed by atoms with van der Waals surface area (Å²) >= 11 is 0. The van der Waals surface area contributed by atoms with E-state index in [2.05, 4.69) is 12.2 Å². The van der Waals surface area contributed by atoms with Crippen molar-refractivity contribution in [2.24, 2.45) is 11.8 Å². The van der Waals surface area contributed by atoms with Crippen LogP contribution in [0.4, 0.5) is 0 Å². The van der Waals surface area contributed by atoms with Crippen LogP contribution in [0.2, 0.25) is 0 Å². The maximum Gasteiger partial charge on any atom is 0.248 e. The van der Waals surface area contributed by atoms with Gasteiger partial charge in [0.15, 0.2) is 0 Å². The summed E-state index contributed by atoms with van der Waals surface area (Å²) in [7, 11) is 0. The Bertz CT molecular complexity index is 398. The highest BCUT2D eigenvalue weighted by Gasteiger charge is 2.45. The van der Waals surface area contributed by atoms with Gasteiger partial charge < -0.3 is 10.2 Å². The van der Waals surface area contributed by atoms with E-state index in [9.17, 15) is 9.59 Å². The first-order valence-electron chi connectivity index (χ1n) is 8.52. The number of amides is 2. The maximum atomic E-state index is 12.7. The predicted octanol–water partition coefficient (Wildman–Crippen LogP) is 2.72. The lowest BCUT2D eigenvalue weighted by Crippen LogP contribution is -2.68. The molecule has 0 bridgehead atoms. The van der Waals surface area contributed by atoms with Crippen molar-refractivity contribution in [1.82, 2.24) is 10.2 Å². The van der Waals surface area contributed by atoms with E-state index in [1.807, 2.05) is 11.8 Å². The minimum absolute atomic E-state index is 0.00402. The third kappa shape index (κ3) is 3.41. The zero-order valence-electron chi connectivity index (χ0n) is 13.9. The molecular formula is C17H30N2O2. The quantitative estimate of drug-likeness (QED) is 0.866. The van der Waals surface area contributed by atoms with Crippen molar-refractivity contribution < 1.29 is 9.59 Å². The minimum Gasteiger partial charge on any atom is -0.340 e. The summed E-state index contributed by atoms with van der Waals surface area (Å²) < 4.78 is 0. The summed E-state index contributed by atoms with van der Waals surface area (Å²) in [5, 5.41) is 2.86. The standard InChI is InChI=1S/C17H30N2O2/c1-5-12-7-9-13(10-8-12)11-19-14(6-2)15(20)18-17(3,4)16(19)21/h12-14H,5-11H2,1-4H3,(H,18,20). The van der Waals surface area contributed by atoms with Crippen molar-refractivity contribution in [2.45, 2.75) is 77.8 Å². The summed E-state index contributed by atoms with van der Waals surface area (Å²) in [6.45, 7) is 8.61. The highest BCUT2D eigenvalue weighted by molar-refractivity contribution is 5.99. The number of carbonyl (C=O) groups is 2. The Hall–Kier alpha value is -1.06. The number of nitrogens with zero attached hydrogens (tertiary/aromatic N) is 1. The van der Waals surface area contributed by atoms with E-state index in [1.54, 1.807) is 13.8 Å². The molecule has 0 aromatic heterocycles. The number of hydrogen-bond acceptors (Lipinski definition) is 2. The van der Waals surface area contributed by atoms with Gasteiger partial charge >= 0.3 is 0 Å². The smallest absolute Gasteiger partial charge is 0.248 e. The molecule has 2 rings (SSSR count). The van der Waals surface area contributed by atoms with Crippen molar-refractivity contribution >= 4 is 11.8 Å². The number of hydrogen-bond donors (Lipinski definition) is 1. The Labute approximate surface area is 128 Å². The van der Waals surface area contributed by atoms with Gasteiger partial charge in [-0.15, -0.1) is 0 Å². The second kappa shape index (κ2) is 6.37. The fourth-order valence-corrected chi connectivity index (χ4v) is 3.80. The molecule has 4 heteroatoms. The number of nitrogens with one attached hydrogen (secondary N) is 1. The highest BCUT2D eigenvalue weighted by atomic mass is 16.2. The van der Waals surface area contributed by atoms with E-state index in [0.29, 0.717) is 12.3 Å². The van der Waals surface area contributed by atoms with E-state index in [1.165, 1.54) is 32.1 Å². The van der Waals surface area contributed by atoms with Crippen molar-refractivity contribution in [2.75, 3.05) is 6.54 Å². The van der Waals surface area contributed by atoms with E-state index in [-0.39, 0.29) is 17.9 Å². The molecular weight excluding hydrogens is 264 g/mol. The molecule has 0 aromatic rings. The second-order valence-electron chi connectivity index (χ2n) is 7.29. The van der Waals surface area contributed by atoms with Crippen LogP contribution in [0.1, 0.15) is 66.2 Å². The molecule has 2 fully saturated rings. The van der Waals surface area contributed by atoms with Crippen LogP contribution in [0.3, 0.4) is 0 Å². The van der Waals surface area contributed by atoms with E-state index in [0.717, 1.165) is 12.5 Å². The Morgan fingerprint density at radius 1 is 1.05 bits per heavy atom. The first-order valence-corrected chi connectivity index (χ1v) is 8.52. The average Bonchev–Trinajstić information content (AvgIpc) is 2.45. The SMILES string of the molecule is CCC1CCC(CN2C(=O)C(C)(C)NC(=O)C2CC)CC1. The lowest BCUT2D eigenvalue weighted by atomic mass is 9.80. The number of piperazine rings is 1. The monoisotopic (exact) mass is 294 g/mol. The van der Waals surface area contributed by atoms with Gasteiger partial charge in [-0.1, -0.05) is 33.1 Å². The second-order valence-corrected chi connectivity index (χ2v) is 7.29. The number of rotatable bonds is 4. The maximum absolute atomic E-state index is 12.7. The largest absolute Gasteiger partial charge is 0.340 e. The predicted molar refractivity (Wildman–Crippen MR) is 83.8 cm³/mol. The molecule has 1 aliphatic carbocycles. The topological polar surface area (TPSA) is 49.4 Å². The molecule has 1 saturated carbocycles. The van der Waals surface area contributed by atoms with Crippen LogP contribution in [-0.2, 0) is 9.59 Å². The number of carbonyl (C=O) groups excluding carboxylic acids is 2. The first-order chi connectivity index (χ1) is 9.89. The fourth-order valence-electron chi connectivity index (χ4n) is 3.80. The Morgan fingerprint density at radius 2 is 1.62 bits per heavy atom. The lowest BCUT2D eigenvalue weighted by molar-refractivity contribution is -0.154. The Kier molecular flexibility index (Phi) is 4.95. The molecule has 1 unspecified atom stereocenters. The zero-order valence-corrected chi connectivity index (χ0v) is 13.9. The van der Waals surface area contributed by atoms with Crippen molar-refractivity contribution in [3.63, 3.8) is 0 Å². The first kappa shape index (κ1) is 16.3. The van der Waals surface area contributed by atoms with E-state index >= 15 is 0 Å². The van der Waals surface area contributed by atoms with Gasteiger partial charge in [-0.2, -0.15) is 0 Å². The lowest BCUT2D eigenvalue weighted by Gasteiger charge is -2.44. The molecule has 0 spiro atoms. The average molecular weight is 294 g/mol. The van der Waals surface area contributed by atoms with Gasteiger partial charge in [-0.05, 0) is 44.9 Å². The van der Waals surface area contributed by atoms with Crippen molar-refractivity contribution in [3.8, 4) is 0 Å². The summed E-state index contributed by atoms with van der Waals surface area (Å²) in [5.41, 5.74) is -0.761. The Balaban J connectivity index is 2.05. The van der Waals surface area contributed by atoms with E-state index in [4.69, 9.17) is 0 Å². The van der Waals surface area contributed by atoms with Gasteiger partial charge in [-0.3, -0.25) is 9.59 Å². The van der Waals surface area contributed by atoms with Crippen molar-refractivity contribution in [3.05, 3.63) is 0 Å². The van der Waals surface area contributed by atoms with Crippen LogP contribution in [0.15, 0.2) is 0 Å². The molecule has 1 heterocycles. The molecule has 120 valence electrons. The molecule has 4 nitrogen and oxygen atoms in total. The van der Waals surface area contributed by atoms with Crippen LogP contribution >= 0.6 is 0 Å². The molecule has 21 heavy (non-hydrogen) atoms. The minimum atomic E-state index is -0.761. The molecule has 2 amide bonds. The normalized spacial score (nSPS) is 33.0. The highest BCUT2D eigenvalue weighted by Crippen LogP contribution is 2.32. The zero-order chi connectivity index (χ0) is 15.6. The van der Waals surface area contributed by atoms with Crippen LogP contribution in [-0.4, -0.2) is 34.8 Å².